The van der Waals surface area contributed by atoms with Gasteiger partial charge in [-0.3, -0.25) is 0 Å². The Morgan fingerprint density at radius 1 is 1.36 bits per heavy atom. The van der Waals surface area contributed by atoms with Crippen LogP contribution in [0.15, 0.2) is 11.4 Å². The van der Waals surface area contributed by atoms with E-state index < -0.39 is 5.60 Å². The molecule has 1 N–H and O–H groups in total. The van der Waals surface area contributed by atoms with E-state index in [1.807, 2.05) is 27.7 Å². The number of aryl methyl sites for hydroxylation is 1. The number of nitrogens with zero attached hydrogens (tertiary/aromatic N) is 2. The molecule has 7 heteroatoms. The second-order valence-electron chi connectivity index (χ2n) is 7.35. The van der Waals surface area contributed by atoms with Crippen LogP contribution in [0.3, 0.4) is 0 Å². The van der Waals surface area contributed by atoms with Gasteiger partial charge in [-0.2, -0.15) is 0 Å². The van der Waals surface area contributed by atoms with Crippen LogP contribution in [0.1, 0.15) is 45.1 Å². The van der Waals surface area contributed by atoms with Crippen molar-refractivity contribution in [2.24, 2.45) is 0 Å². The van der Waals surface area contributed by atoms with Crippen LogP contribution < -0.4 is 5.32 Å². The number of urea groups is 1. The highest BCUT2D eigenvalue weighted by molar-refractivity contribution is 7.10. The second kappa shape index (κ2) is 8.08. The molecule has 1 atom stereocenters. The summed E-state index contributed by atoms with van der Waals surface area (Å²) in [6.07, 6.45) is 0.658. The third-order valence-electron chi connectivity index (χ3n) is 4.16. The molecule has 0 saturated carbocycles. The first-order valence-electron chi connectivity index (χ1n) is 8.79. The number of thiophene rings is 1. The van der Waals surface area contributed by atoms with Crippen LogP contribution in [0.2, 0.25) is 0 Å². The maximum Gasteiger partial charge on any atom is 0.410 e. The van der Waals surface area contributed by atoms with Gasteiger partial charge >= 0.3 is 12.1 Å². The van der Waals surface area contributed by atoms with Crippen LogP contribution in [-0.4, -0.2) is 53.2 Å². The number of carbonyl (C=O) groups is 2. The second-order valence-corrected chi connectivity index (χ2v) is 8.35. The summed E-state index contributed by atoms with van der Waals surface area (Å²) in [5.41, 5.74) is 0.778. The maximum absolute atomic E-state index is 12.5. The molecule has 0 radical (unpaired) electrons. The number of hydrogen-bond donors (Lipinski definition) is 1. The molecule has 3 amide bonds. The molecule has 0 aromatic carbocycles. The SMILES string of the molecule is CCc1ccsc1CNC(=O)N1CCN(C(=O)OC(C)(C)C)C[C@H]1C. The Bertz CT molecular complexity index is 609. The number of nitrogens with one attached hydrogen (secondary N) is 1. The van der Waals surface area contributed by atoms with E-state index in [4.69, 9.17) is 4.74 Å². The van der Waals surface area contributed by atoms with Crippen molar-refractivity contribution in [2.45, 2.75) is 59.2 Å². The van der Waals surface area contributed by atoms with Gasteiger partial charge in [-0.25, -0.2) is 9.59 Å². The predicted octanol–water partition coefficient (Wildman–Crippen LogP) is 3.46. The Morgan fingerprint density at radius 2 is 2.08 bits per heavy atom. The minimum Gasteiger partial charge on any atom is -0.444 e. The first kappa shape index (κ1) is 19.6. The minimum absolute atomic E-state index is 0.0461. The molecule has 25 heavy (non-hydrogen) atoms. The summed E-state index contributed by atoms with van der Waals surface area (Å²) in [6.45, 7) is 11.7. The van der Waals surface area contributed by atoms with Crippen molar-refractivity contribution in [1.29, 1.82) is 0 Å². The van der Waals surface area contributed by atoms with E-state index in [0.717, 1.165) is 6.42 Å². The lowest BCUT2D eigenvalue weighted by molar-refractivity contribution is 0.0105. The van der Waals surface area contributed by atoms with Gasteiger partial charge in [0.05, 0.1) is 6.54 Å². The Balaban J connectivity index is 1.86. The van der Waals surface area contributed by atoms with Gasteiger partial charge in [-0.05, 0) is 51.1 Å². The number of carbonyl (C=O) groups excluding carboxylic acids is 2. The summed E-state index contributed by atoms with van der Waals surface area (Å²) >= 11 is 1.67. The standard InChI is InChI=1S/C18H29N3O3S/c1-6-14-7-10-25-15(14)11-19-16(22)21-9-8-20(12-13(21)2)17(23)24-18(3,4)5/h7,10,13H,6,8-9,11-12H2,1-5H3,(H,19,22)/t13-/m1/s1. The van der Waals surface area contributed by atoms with Crippen molar-refractivity contribution in [3.8, 4) is 0 Å². The van der Waals surface area contributed by atoms with E-state index in [9.17, 15) is 9.59 Å². The van der Waals surface area contributed by atoms with E-state index in [1.165, 1.54) is 10.4 Å². The van der Waals surface area contributed by atoms with Crippen molar-refractivity contribution < 1.29 is 14.3 Å². The lowest BCUT2D eigenvalue weighted by Gasteiger charge is -2.40. The maximum atomic E-state index is 12.5. The van der Waals surface area contributed by atoms with Gasteiger partial charge in [0.2, 0.25) is 0 Å². The Labute approximate surface area is 154 Å². The van der Waals surface area contributed by atoms with Crippen LogP contribution >= 0.6 is 11.3 Å². The summed E-state index contributed by atoms with van der Waals surface area (Å²) in [5, 5.41) is 5.06. The average Bonchev–Trinajstić information content (AvgIpc) is 2.98. The third kappa shape index (κ3) is 5.36. The van der Waals surface area contributed by atoms with E-state index in [-0.39, 0.29) is 18.2 Å². The first-order chi connectivity index (χ1) is 11.7. The molecule has 1 aliphatic heterocycles. The molecule has 0 unspecified atom stereocenters. The van der Waals surface area contributed by atoms with Gasteiger partial charge in [-0.15, -0.1) is 11.3 Å². The highest BCUT2D eigenvalue weighted by Gasteiger charge is 2.32. The normalized spacial score (nSPS) is 18.2. The molecule has 6 nitrogen and oxygen atoms in total. The van der Waals surface area contributed by atoms with E-state index in [0.29, 0.717) is 26.2 Å². The van der Waals surface area contributed by atoms with E-state index in [1.54, 1.807) is 21.1 Å². The summed E-state index contributed by atoms with van der Waals surface area (Å²) in [4.78, 5) is 29.3. The first-order valence-corrected chi connectivity index (χ1v) is 9.67. The Morgan fingerprint density at radius 3 is 2.68 bits per heavy atom. The minimum atomic E-state index is -0.507. The molecule has 140 valence electrons. The molecule has 0 bridgehead atoms. The number of ether oxygens (including phenoxy) is 1. The molecule has 0 aliphatic carbocycles. The van der Waals surface area contributed by atoms with Crippen LogP contribution in [0.4, 0.5) is 9.59 Å². The molecule has 2 heterocycles. The number of piperazine rings is 1. The summed E-state index contributed by atoms with van der Waals surface area (Å²) in [7, 11) is 0. The molecule has 0 spiro atoms. The molecule has 1 aliphatic rings. The molecule has 1 aromatic rings. The highest BCUT2D eigenvalue weighted by atomic mass is 32.1. The molecule has 1 fully saturated rings. The highest BCUT2D eigenvalue weighted by Crippen LogP contribution is 2.18. The molecule has 2 rings (SSSR count). The fourth-order valence-corrected chi connectivity index (χ4v) is 3.76. The lowest BCUT2D eigenvalue weighted by Crippen LogP contribution is -2.58. The quantitative estimate of drug-likeness (QED) is 0.890. The van der Waals surface area contributed by atoms with E-state index >= 15 is 0 Å². The molecule has 1 aromatic heterocycles. The van der Waals surface area contributed by atoms with Crippen molar-refractivity contribution in [3.05, 3.63) is 21.9 Å². The average molecular weight is 368 g/mol. The lowest BCUT2D eigenvalue weighted by atomic mass is 10.2. The van der Waals surface area contributed by atoms with E-state index in [2.05, 4.69) is 23.7 Å². The zero-order chi connectivity index (χ0) is 18.6. The van der Waals surface area contributed by atoms with Crippen molar-refractivity contribution in [2.75, 3.05) is 19.6 Å². The Kier molecular flexibility index (Phi) is 6.32. The third-order valence-corrected chi connectivity index (χ3v) is 5.12. The number of rotatable bonds is 3. The van der Waals surface area contributed by atoms with Crippen molar-refractivity contribution >= 4 is 23.5 Å². The summed E-state index contributed by atoms with van der Waals surface area (Å²) < 4.78 is 5.41. The number of hydrogen-bond acceptors (Lipinski definition) is 4. The molecular formula is C18H29N3O3S. The molecular weight excluding hydrogens is 338 g/mol. The summed E-state index contributed by atoms with van der Waals surface area (Å²) in [6, 6.07) is 1.98. The van der Waals surface area contributed by atoms with Crippen LogP contribution in [-0.2, 0) is 17.7 Å². The van der Waals surface area contributed by atoms with Crippen LogP contribution in [0.5, 0.6) is 0 Å². The monoisotopic (exact) mass is 367 g/mol. The molecule has 1 saturated heterocycles. The number of amides is 3. The van der Waals surface area contributed by atoms with Gasteiger partial charge in [0.25, 0.3) is 0 Å². The fourth-order valence-electron chi connectivity index (χ4n) is 2.85. The fraction of sp³-hybridized carbons (Fsp3) is 0.667. The summed E-state index contributed by atoms with van der Waals surface area (Å²) in [5.74, 6) is 0. The zero-order valence-electron chi connectivity index (χ0n) is 15.8. The predicted molar refractivity (Wildman–Crippen MR) is 99.9 cm³/mol. The van der Waals surface area contributed by atoms with Crippen molar-refractivity contribution in [3.63, 3.8) is 0 Å². The van der Waals surface area contributed by atoms with Crippen molar-refractivity contribution in [1.82, 2.24) is 15.1 Å². The van der Waals surface area contributed by atoms with Gasteiger partial charge in [0.1, 0.15) is 5.60 Å². The van der Waals surface area contributed by atoms with Gasteiger partial charge < -0.3 is 19.9 Å². The smallest absolute Gasteiger partial charge is 0.410 e. The van der Waals surface area contributed by atoms with Crippen LogP contribution in [0, 0.1) is 0 Å². The Hall–Kier alpha value is -1.76. The zero-order valence-corrected chi connectivity index (χ0v) is 16.6. The van der Waals surface area contributed by atoms with Gasteiger partial charge in [0.15, 0.2) is 0 Å². The topological polar surface area (TPSA) is 61.9 Å². The van der Waals surface area contributed by atoms with Gasteiger partial charge in [0, 0.05) is 30.6 Å². The van der Waals surface area contributed by atoms with Crippen LogP contribution in [0.25, 0.3) is 0 Å². The van der Waals surface area contributed by atoms with Gasteiger partial charge in [-0.1, -0.05) is 6.92 Å². The largest absolute Gasteiger partial charge is 0.444 e.